The number of rotatable bonds is 6. The zero-order valence-corrected chi connectivity index (χ0v) is 10.0. The van der Waals surface area contributed by atoms with E-state index in [1.807, 2.05) is 17.5 Å². The molecule has 1 N–H and O–H groups in total. The van der Waals surface area contributed by atoms with E-state index in [2.05, 4.69) is 5.32 Å². The number of hydrogen-bond acceptors (Lipinski definition) is 4. The van der Waals surface area contributed by atoms with E-state index >= 15 is 0 Å². The van der Waals surface area contributed by atoms with Crippen molar-refractivity contribution in [2.45, 2.75) is 26.3 Å². The van der Waals surface area contributed by atoms with Crippen molar-refractivity contribution in [1.82, 2.24) is 5.32 Å². The Balaban J connectivity index is 2.14. The summed E-state index contributed by atoms with van der Waals surface area (Å²) in [7, 11) is 0. The number of ether oxygens (including phenoxy) is 1. The zero-order chi connectivity index (χ0) is 11.8. The Morgan fingerprint density at radius 3 is 2.88 bits per heavy atom. The Hall–Kier alpha value is -1.36. The standard InChI is InChI=1S/C11H15NO3S/c1-2-15-11(14)6-5-10(13)12-8-9-4-3-7-16-9/h3-4,7H,2,5-6,8H2,1H3,(H,12,13). The molecule has 0 bridgehead atoms. The third kappa shape index (κ3) is 4.93. The van der Waals surface area contributed by atoms with E-state index in [0.29, 0.717) is 13.2 Å². The molecule has 0 aromatic carbocycles. The Kier molecular flexibility index (Phi) is 5.56. The van der Waals surface area contributed by atoms with Crippen LogP contribution in [0.4, 0.5) is 0 Å². The topological polar surface area (TPSA) is 55.4 Å². The van der Waals surface area contributed by atoms with Gasteiger partial charge in [0.15, 0.2) is 0 Å². The molecule has 5 heteroatoms. The lowest BCUT2D eigenvalue weighted by Gasteiger charge is -2.03. The number of hydrogen-bond donors (Lipinski definition) is 1. The van der Waals surface area contributed by atoms with E-state index in [1.54, 1.807) is 18.3 Å². The molecule has 0 atom stereocenters. The van der Waals surface area contributed by atoms with Crippen LogP contribution in [-0.2, 0) is 20.9 Å². The molecule has 4 nitrogen and oxygen atoms in total. The maximum Gasteiger partial charge on any atom is 0.306 e. The van der Waals surface area contributed by atoms with Gasteiger partial charge in [-0.15, -0.1) is 11.3 Å². The minimum atomic E-state index is -0.325. The van der Waals surface area contributed by atoms with Gasteiger partial charge < -0.3 is 10.1 Å². The summed E-state index contributed by atoms with van der Waals surface area (Å²) in [5.41, 5.74) is 0. The van der Waals surface area contributed by atoms with Crippen molar-refractivity contribution in [3.8, 4) is 0 Å². The molecule has 88 valence electrons. The van der Waals surface area contributed by atoms with Gasteiger partial charge >= 0.3 is 5.97 Å². The molecule has 0 aliphatic heterocycles. The molecule has 0 fully saturated rings. The van der Waals surface area contributed by atoms with E-state index in [-0.39, 0.29) is 24.7 Å². The lowest BCUT2D eigenvalue weighted by Crippen LogP contribution is -2.23. The first kappa shape index (κ1) is 12.7. The van der Waals surface area contributed by atoms with Crippen LogP contribution >= 0.6 is 11.3 Å². The second-order valence-corrected chi connectivity index (χ2v) is 4.19. The first-order chi connectivity index (χ1) is 7.72. The molecule has 1 rings (SSSR count). The van der Waals surface area contributed by atoms with Crippen LogP contribution in [0.3, 0.4) is 0 Å². The molecule has 1 aromatic heterocycles. The molecule has 0 saturated heterocycles. The predicted molar refractivity (Wildman–Crippen MR) is 62.0 cm³/mol. The summed E-state index contributed by atoms with van der Waals surface area (Å²) >= 11 is 1.59. The van der Waals surface area contributed by atoms with E-state index in [4.69, 9.17) is 4.74 Å². The summed E-state index contributed by atoms with van der Waals surface area (Å²) in [6.45, 7) is 2.63. The fourth-order valence-corrected chi connectivity index (χ4v) is 1.78. The molecule has 0 aliphatic rings. The molecule has 0 radical (unpaired) electrons. The minimum absolute atomic E-state index is 0.124. The monoisotopic (exact) mass is 241 g/mol. The molecular weight excluding hydrogens is 226 g/mol. The van der Waals surface area contributed by atoms with Crippen LogP contribution in [-0.4, -0.2) is 18.5 Å². The normalized spacial score (nSPS) is 9.81. The number of amides is 1. The molecule has 0 unspecified atom stereocenters. The Morgan fingerprint density at radius 2 is 2.25 bits per heavy atom. The summed E-state index contributed by atoms with van der Waals surface area (Å²) < 4.78 is 4.73. The van der Waals surface area contributed by atoms with Gasteiger partial charge in [0, 0.05) is 11.3 Å². The lowest BCUT2D eigenvalue weighted by atomic mass is 10.3. The predicted octanol–water partition coefficient (Wildman–Crippen LogP) is 1.71. The summed E-state index contributed by atoms with van der Waals surface area (Å²) in [6, 6.07) is 3.89. The van der Waals surface area contributed by atoms with E-state index in [1.165, 1.54) is 0 Å². The van der Waals surface area contributed by atoms with E-state index < -0.39 is 0 Å². The van der Waals surface area contributed by atoms with Crippen LogP contribution in [0.25, 0.3) is 0 Å². The van der Waals surface area contributed by atoms with Gasteiger partial charge in [0.2, 0.25) is 5.91 Å². The van der Waals surface area contributed by atoms with Crippen LogP contribution in [0, 0.1) is 0 Å². The largest absolute Gasteiger partial charge is 0.466 e. The van der Waals surface area contributed by atoms with Crippen molar-refractivity contribution in [2.24, 2.45) is 0 Å². The highest BCUT2D eigenvalue weighted by Crippen LogP contribution is 2.07. The second-order valence-electron chi connectivity index (χ2n) is 3.16. The highest BCUT2D eigenvalue weighted by molar-refractivity contribution is 7.09. The van der Waals surface area contributed by atoms with Gasteiger partial charge in [-0.2, -0.15) is 0 Å². The number of thiophene rings is 1. The number of esters is 1. The van der Waals surface area contributed by atoms with E-state index in [0.717, 1.165) is 4.88 Å². The van der Waals surface area contributed by atoms with Gasteiger partial charge in [0.25, 0.3) is 0 Å². The first-order valence-electron chi connectivity index (χ1n) is 5.17. The third-order valence-corrected chi connectivity index (χ3v) is 2.78. The van der Waals surface area contributed by atoms with E-state index in [9.17, 15) is 9.59 Å². The lowest BCUT2D eigenvalue weighted by molar-refractivity contribution is -0.144. The minimum Gasteiger partial charge on any atom is -0.466 e. The Bertz CT molecular complexity index is 335. The molecule has 1 amide bonds. The highest BCUT2D eigenvalue weighted by Gasteiger charge is 2.07. The summed E-state index contributed by atoms with van der Waals surface area (Å²) in [5.74, 6) is -0.449. The summed E-state index contributed by atoms with van der Waals surface area (Å²) in [5, 5.41) is 4.70. The maximum atomic E-state index is 11.3. The van der Waals surface area contributed by atoms with Crippen LogP contribution in [0.15, 0.2) is 17.5 Å². The molecular formula is C11H15NO3S. The van der Waals surface area contributed by atoms with Crippen molar-refractivity contribution in [1.29, 1.82) is 0 Å². The van der Waals surface area contributed by atoms with Gasteiger partial charge in [0.1, 0.15) is 0 Å². The molecule has 1 aromatic rings. The molecule has 16 heavy (non-hydrogen) atoms. The van der Waals surface area contributed by atoms with Crippen molar-refractivity contribution < 1.29 is 14.3 Å². The smallest absolute Gasteiger partial charge is 0.306 e. The fourth-order valence-electron chi connectivity index (χ4n) is 1.14. The average molecular weight is 241 g/mol. The van der Waals surface area contributed by atoms with Crippen molar-refractivity contribution in [2.75, 3.05) is 6.61 Å². The van der Waals surface area contributed by atoms with Crippen molar-refractivity contribution >= 4 is 23.2 Å². The number of carbonyl (C=O) groups is 2. The zero-order valence-electron chi connectivity index (χ0n) is 9.19. The molecule has 0 saturated carbocycles. The summed E-state index contributed by atoms with van der Waals surface area (Å²) in [4.78, 5) is 23.4. The maximum absolute atomic E-state index is 11.3. The van der Waals surface area contributed by atoms with Gasteiger partial charge in [-0.1, -0.05) is 6.07 Å². The third-order valence-electron chi connectivity index (χ3n) is 1.90. The van der Waals surface area contributed by atoms with Crippen LogP contribution < -0.4 is 5.32 Å². The van der Waals surface area contributed by atoms with Gasteiger partial charge in [-0.05, 0) is 18.4 Å². The van der Waals surface area contributed by atoms with Gasteiger partial charge in [-0.3, -0.25) is 9.59 Å². The first-order valence-corrected chi connectivity index (χ1v) is 6.05. The number of nitrogens with one attached hydrogen (secondary N) is 1. The highest BCUT2D eigenvalue weighted by atomic mass is 32.1. The molecule has 1 heterocycles. The quantitative estimate of drug-likeness (QED) is 0.771. The Morgan fingerprint density at radius 1 is 1.44 bits per heavy atom. The van der Waals surface area contributed by atoms with Crippen LogP contribution in [0.2, 0.25) is 0 Å². The van der Waals surface area contributed by atoms with Crippen LogP contribution in [0.1, 0.15) is 24.6 Å². The van der Waals surface area contributed by atoms with Gasteiger partial charge in [0.05, 0.1) is 19.6 Å². The number of carbonyl (C=O) groups excluding carboxylic acids is 2. The van der Waals surface area contributed by atoms with Crippen molar-refractivity contribution in [3.63, 3.8) is 0 Å². The summed E-state index contributed by atoms with van der Waals surface area (Å²) in [6.07, 6.45) is 0.328. The SMILES string of the molecule is CCOC(=O)CCC(=O)NCc1cccs1. The second kappa shape index (κ2) is 7.00. The van der Waals surface area contributed by atoms with Gasteiger partial charge in [-0.25, -0.2) is 0 Å². The van der Waals surface area contributed by atoms with Crippen molar-refractivity contribution in [3.05, 3.63) is 22.4 Å². The van der Waals surface area contributed by atoms with Crippen LogP contribution in [0.5, 0.6) is 0 Å². The average Bonchev–Trinajstić information content (AvgIpc) is 2.77. The molecule has 0 aliphatic carbocycles. The Labute approximate surface area is 98.6 Å². The molecule has 0 spiro atoms. The fraction of sp³-hybridized carbons (Fsp3) is 0.455.